The summed E-state index contributed by atoms with van der Waals surface area (Å²) >= 11 is 0. The van der Waals surface area contributed by atoms with Crippen LogP contribution in [-0.4, -0.2) is 74.3 Å². The van der Waals surface area contributed by atoms with Crippen LogP contribution in [0.2, 0.25) is 0 Å². The van der Waals surface area contributed by atoms with E-state index in [0.29, 0.717) is 50.1 Å². The quantitative estimate of drug-likeness (QED) is 0.385. The van der Waals surface area contributed by atoms with Crippen LogP contribution in [0.3, 0.4) is 0 Å². The highest BCUT2D eigenvalue weighted by atomic mass is 19.1. The number of carbonyl (C=O) groups is 1. The molecule has 0 aliphatic carbocycles. The Bertz CT molecular complexity index is 1290. The van der Waals surface area contributed by atoms with Gasteiger partial charge in [0.05, 0.1) is 19.8 Å². The van der Waals surface area contributed by atoms with Crippen molar-refractivity contribution >= 4 is 28.8 Å². The summed E-state index contributed by atoms with van der Waals surface area (Å²) < 4.78 is 25.6. The number of amides is 1. The van der Waals surface area contributed by atoms with Gasteiger partial charge < -0.3 is 29.9 Å². The van der Waals surface area contributed by atoms with Gasteiger partial charge in [-0.2, -0.15) is 4.98 Å². The van der Waals surface area contributed by atoms with Crippen LogP contribution in [0.5, 0.6) is 6.01 Å². The van der Waals surface area contributed by atoms with E-state index in [0.717, 1.165) is 17.8 Å². The number of nitrogens with zero attached hydrogens (tertiary/aromatic N) is 4. The second-order valence-electron chi connectivity index (χ2n) is 10.8. The number of aryl methyl sites for hydroxylation is 1. The van der Waals surface area contributed by atoms with Gasteiger partial charge in [-0.1, -0.05) is 19.9 Å². The zero-order chi connectivity index (χ0) is 28.0. The van der Waals surface area contributed by atoms with Crippen molar-refractivity contribution in [3.8, 4) is 6.01 Å². The molecule has 4 rings (SSSR count). The summed E-state index contributed by atoms with van der Waals surface area (Å²) in [5.74, 6) is -0.281. The van der Waals surface area contributed by atoms with Crippen molar-refractivity contribution in [1.29, 1.82) is 0 Å². The molecule has 0 radical (unpaired) electrons. The van der Waals surface area contributed by atoms with E-state index in [2.05, 4.69) is 39.3 Å². The molecule has 0 saturated carbocycles. The Morgan fingerprint density at radius 1 is 1.15 bits per heavy atom. The summed E-state index contributed by atoms with van der Waals surface area (Å²) in [6, 6.07) is 12.0. The maximum absolute atomic E-state index is 14.4. The minimum atomic E-state index is -0.456. The minimum absolute atomic E-state index is 0.0654. The van der Waals surface area contributed by atoms with E-state index >= 15 is 0 Å². The van der Waals surface area contributed by atoms with Gasteiger partial charge >= 0.3 is 6.01 Å². The number of carbonyl (C=O) groups excluding carboxylic acids is 1. The van der Waals surface area contributed by atoms with Crippen LogP contribution in [0.15, 0.2) is 48.7 Å². The SMILES string of the molecule is Cc1ccc(NC(=O)c2cc(F)cc(N3CCOCC3)c2)cc1Nc1ccnc(OCC(C)(C)CN(C)C)n1. The number of hydrogen-bond acceptors (Lipinski definition) is 8. The highest BCUT2D eigenvalue weighted by Gasteiger charge is 2.21. The molecule has 0 unspecified atom stereocenters. The van der Waals surface area contributed by atoms with Crippen LogP contribution in [-0.2, 0) is 4.74 Å². The van der Waals surface area contributed by atoms with Crippen molar-refractivity contribution < 1.29 is 18.7 Å². The number of rotatable bonds is 10. The van der Waals surface area contributed by atoms with E-state index in [1.165, 1.54) is 12.1 Å². The lowest BCUT2D eigenvalue weighted by Crippen LogP contribution is -2.36. The smallest absolute Gasteiger partial charge is 0.318 e. The zero-order valence-electron chi connectivity index (χ0n) is 23.3. The van der Waals surface area contributed by atoms with Gasteiger partial charge in [-0.25, -0.2) is 9.37 Å². The highest BCUT2D eigenvalue weighted by molar-refractivity contribution is 6.05. The molecule has 10 heteroatoms. The van der Waals surface area contributed by atoms with Crippen molar-refractivity contribution in [1.82, 2.24) is 14.9 Å². The van der Waals surface area contributed by atoms with Crippen molar-refractivity contribution in [3.63, 3.8) is 0 Å². The van der Waals surface area contributed by atoms with Crippen molar-refractivity contribution in [2.45, 2.75) is 20.8 Å². The number of aromatic nitrogens is 2. The van der Waals surface area contributed by atoms with Gasteiger partial charge in [0.15, 0.2) is 0 Å². The van der Waals surface area contributed by atoms with Crippen molar-refractivity contribution in [2.75, 3.05) is 69.1 Å². The number of benzene rings is 2. The molecule has 9 nitrogen and oxygen atoms in total. The molecule has 2 aromatic carbocycles. The number of morpholine rings is 1. The molecule has 2 heterocycles. The topological polar surface area (TPSA) is 91.9 Å². The fourth-order valence-corrected chi connectivity index (χ4v) is 4.53. The summed E-state index contributed by atoms with van der Waals surface area (Å²) in [5.41, 5.74) is 3.15. The maximum Gasteiger partial charge on any atom is 0.318 e. The normalized spacial score (nSPS) is 13.9. The molecule has 39 heavy (non-hydrogen) atoms. The second kappa shape index (κ2) is 12.4. The van der Waals surface area contributed by atoms with Gasteiger partial charge in [0.2, 0.25) is 0 Å². The van der Waals surface area contributed by atoms with Crippen LogP contribution < -0.4 is 20.3 Å². The van der Waals surface area contributed by atoms with Crippen LogP contribution in [0.4, 0.5) is 27.3 Å². The number of halogens is 1. The number of anilines is 4. The first-order valence-corrected chi connectivity index (χ1v) is 13.0. The monoisotopic (exact) mass is 536 g/mol. The van der Waals surface area contributed by atoms with E-state index < -0.39 is 11.7 Å². The average molecular weight is 537 g/mol. The summed E-state index contributed by atoms with van der Waals surface area (Å²) in [6.07, 6.45) is 1.64. The number of hydrogen-bond donors (Lipinski definition) is 2. The lowest BCUT2D eigenvalue weighted by Gasteiger charge is -2.29. The molecule has 1 fully saturated rings. The standard InChI is InChI=1S/C29H37FN6O3/c1-20-6-7-23(32-27(37)21-14-22(30)16-24(15-21)36-10-12-38-13-11-36)17-25(20)33-26-8-9-31-28(34-26)39-19-29(2,3)18-35(4)5/h6-9,14-17H,10-13,18-19H2,1-5H3,(H,32,37)(H,31,33,34). The molecular formula is C29H37FN6O3. The van der Waals surface area contributed by atoms with Gasteiger partial charge in [0.1, 0.15) is 11.6 Å². The van der Waals surface area contributed by atoms with E-state index in [1.54, 1.807) is 18.3 Å². The van der Waals surface area contributed by atoms with Crippen LogP contribution in [0.1, 0.15) is 29.8 Å². The van der Waals surface area contributed by atoms with E-state index in [9.17, 15) is 9.18 Å². The molecule has 1 aliphatic heterocycles. The predicted molar refractivity (Wildman–Crippen MR) is 152 cm³/mol. The molecule has 1 aliphatic rings. The maximum atomic E-state index is 14.4. The summed E-state index contributed by atoms with van der Waals surface area (Å²) in [7, 11) is 4.06. The second-order valence-corrected chi connectivity index (χ2v) is 10.8. The highest BCUT2D eigenvalue weighted by Crippen LogP contribution is 2.26. The van der Waals surface area contributed by atoms with Gasteiger partial charge in [-0.05, 0) is 63.0 Å². The first-order chi connectivity index (χ1) is 18.6. The first kappa shape index (κ1) is 28.3. The minimum Gasteiger partial charge on any atom is -0.463 e. The number of ether oxygens (including phenoxy) is 2. The third kappa shape index (κ3) is 8.11. The Morgan fingerprint density at radius 2 is 1.92 bits per heavy atom. The fourth-order valence-electron chi connectivity index (χ4n) is 4.53. The molecule has 0 atom stereocenters. The molecule has 1 saturated heterocycles. The molecule has 2 N–H and O–H groups in total. The largest absolute Gasteiger partial charge is 0.463 e. The van der Waals surface area contributed by atoms with Gasteiger partial charge in [-0.3, -0.25) is 4.79 Å². The van der Waals surface area contributed by atoms with E-state index in [1.807, 2.05) is 44.1 Å². The summed E-state index contributed by atoms with van der Waals surface area (Å²) in [6.45, 7) is 10.0. The van der Waals surface area contributed by atoms with E-state index in [4.69, 9.17) is 9.47 Å². The Hall–Kier alpha value is -3.76. The lowest BCUT2D eigenvalue weighted by molar-refractivity contribution is 0.102. The van der Waals surface area contributed by atoms with Crippen molar-refractivity contribution in [3.05, 3.63) is 65.6 Å². The molecule has 1 amide bonds. The van der Waals surface area contributed by atoms with Gasteiger partial charge in [-0.15, -0.1) is 0 Å². The zero-order valence-corrected chi connectivity index (χ0v) is 23.3. The Labute approximate surface area is 229 Å². The van der Waals surface area contributed by atoms with Gasteiger partial charge in [0, 0.05) is 53.9 Å². The predicted octanol–water partition coefficient (Wildman–Crippen LogP) is 4.72. The Balaban J connectivity index is 1.44. The molecule has 3 aromatic rings. The van der Waals surface area contributed by atoms with Gasteiger partial charge in [0.25, 0.3) is 5.91 Å². The molecule has 208 valence electrons. The number of nitrogens with one attached hydrogen (secondary N) is 2. The third-order valence-electron chi connectivity index (χ3n) is 6.25. The molecule has 0 bridgehead atoms. The Kier molecular flexibility index (Phi) is 8.98. The van der Waals surface area contributed by atoms with Crippen LogP contribution in [0.25, 0.3) is 0 Å². The summed E-state index contributed by atoms with van der Waals surface area (Å²) in [5, 5.41) is 6.17. The lowest BCUT2D eigenvalue weighted by atomic mass is 9.94. The van der Waals surface area contributed by atoms with E-state index in [-0.39, 0.29) is 17.0 Å². The molecule has 0 spiro atoms. The fraction of sp³-hybridized carbons (Fsp3) is 0.414. The average Bonchev–Trinajstić information content (AvgIpc) is 2.89. The molecule has 1 aromatic heterocycles. The third-order valence-corrected chi connectivity index (χ3v) is 6.25. The summed E-state index contributed by atoms with van der Waals surface area (Å²) in [4.78, 5) is 25.9. The Morgan fingerprint density at radius 3 is 2.67 bits per heavy atom. The molecular weight excluding hydrogens is 499 g/mol. The van der Waals surface area contributed by atoms with Crippen LogP contribution in [0, 0.1) is 18.2 Å². The van der Waals surface area contributed by atoms with Crippen LogP contribution >= 0.6 is 0 Å². The first-order valence-electron chi connectivity index (χ1n) is 13.0. The van der Waals surface area contributed by atoms with Crippen molar-refractivity contribution in [2.24, 2.45) is 5.41 Å².